The maximum absolute atomic E-state index is 14.7. The van der Waals surface area contributed by atoms with Gasteiger partial charge in [-0.1, -0.05) is 18.8 Å². The first-order chi connectivity index (χ1) is 13.9. The van der Waals surface area contributed by atoms with Crippen LogP contribution in [0.25, 0.3) is 11.0 Å². The molecule has 3 aromatic rings. The molecule has 4 rings (SSSR count). The molecule has 150 valence electrons. The van der Waals surface area contributed by atoms with Crippen LogP contribution >= 0.6 is 0 Å². The minimum Gasteiger partial charge on any atom is -0.281 e. The van der Waals surface area contributed by atoms with Gasteiger partial charge in [-0.05, 0) is 37.5 Å². The zero-order valence-electron chi connectivity index (χ0n) is 15.6. The average Bonchev–Trinajstić information content (AvgIpc) is 3.43. The van der Waals surface area contributed by atoms with Crippen LogP contribution in [0, 0.1) is 23.5 Å². The first-order valence-electron chi connectivity index (χ1n) is 9.22. The molecule has 0 amide bonds. The standard InChI is InChI=1S/C20H18F2N4O2S/c1-2-9-29(27,28)26-17-8-7-16(21)14(18(17)22)6-3-12-10-15-19(13-4-5-13)24-25-20(15)23-11-12/h7-8,10-11,13,26H,2,4-5,9H2,1H3,(H,23,24,25). The Bertz CT molecular complexity index is 1250. The van der Waals surface area contributed by atoms with Gasteiger partial charge in [-0.3, -0.25) is 9.82 Å². The molecule has 1 aliphatic carbocycles. The molecule has 29 heavy (non-hydrogen) atoms. The molecule has 0 saturated heterocycles. The molecular weight excluding hydrogens is 398 g/mol. The number of sulfonamides is 1. The number of fused-ring (bicyclic) bond motifs is 1. The number of rotatable bonds is 5. The molecule has 0 spiro atoms. The minimum absolute atomic E-state index is 0.162. The Hall–Kier alpha value is -2.99. The molecule has 1 aromatic carbocycles. The van der Waals surface area contributed by atoms with Crippen LogP contribution in [0.5, 0.6) is 0 Å². The summed E-state index contributed by atoms with van der Waals surface area (Å²) in [4.78, 5) is 4.26. The van der Waals surface area contributed by atoms with E-state index in [4.69, 9.17) is 0 Å². The van der Waals surface area contributed by atoms with E-state index in [-0.39, 0.29) is 11.4 Å². The lowest BCUT2D eigenvalue weighted by Gasteiger charge is -2.09. The number of halogens is 2. The first-order valence-corrected chi connectivity index (χ1v) is 10.9. The van der Waals surface area contributed by atoms with Crippen LogP contribution in [0.3, 0.4) is 0 Å². The van der Waals surface area contributed by atoms with Crippen molar-refractivity contribution in [1.29, 1.82) is 0 Å². The van der Waals surface area contributed by atoms with Crippen molar-refractivity contribution in [3.63, 3.8) is 0 Å². The van der Waals surface area contributed by atoms with E-state index in [2.05, 4.69) is 31.7 Å². The van der Waals surface area contributed by atoms with Crippen molar-refractivity contribution < 1.29 is 17.2 Å². The molecule has 0 atom stereocenters. The van der Waals surface area contributed by atoms with Crippen molar-refractivity contribution in [2.45, 2.75) is 32.1 Å². The van der Waals surface area contributed by atoms with Gasteiger partial charge < -0.3 is 0 Å². The smallest absolute Gasteiger partial charge is 0.232 e. The van der Waals surface area contributed by atoms with Crippen molar-refractivity contribution in [2.24, 2.45) is 0 Å². The summed E-state index contributed by atoms with van der Waals surface area (Å²) in [6.07, 6.45) is 4.02. The maximum Gasteiger partial charge on any atom is 0.232 e. The predicted octanol–water partition coefficient (Wildman–Crippen LogP) is 3.67. The van der Waals surface area contributed by atoms with E-state index in [1.807, 2.05) is 0 Å². The second-order valence-corrected chi connectivity index (χ2v) is 8.80. The third-order valence-corrected chi connectivity index (χ3v) is 6.05. The minimum atomic E-state index is -3.71. The highest BCUT2D eigenvalue weighted by molar-refractivity contribution is 7.92. The lowest BCUT2D eigenvalue weighted by Crippen LogP contribution is -2.17. The van der Waals surface area contributed by atoms with E-state index in [1.54, 1.807) is 13.0 Å². The van der Waals surface area contributed by atoms with Crippen molar-refractivity contribution in [3.8, 4) is 11.8 Å². The monoisotopic (exact) mass is 416 g/mol. The first kappa shape index (κ1) is 19.3. The fraction of sp³-hybridized carbons (Fsp3) is 0.300. The van der Waals surface area contributed by atoms with E-state index in [9.17, 15) is 17.2 Å². The molecule has 0 unspecified atom stereocenters. The maximum atomic E-state index is 14.7. The van der Waals surface area contributed by atoms with Crippen molar-refractivity contribution >= 4 is 26.7 Å². The molecule has 9 heteroatoms. The third kappa shape index (κ3) is 4.07. The van der Waals surface area contributed by atoms with Crippen LogP contribution in [0.2, 0.25) is 0 Å². The average molecular weight is 416 g/mol. The number of nitrogens with one attached hydrogen (secondary N) is 2. The molecule has 0 radical (unpaired) electrons. The number of pyridine rings is 1. The zero-order chi connectivity index (χ0) is 20.6. The van der Waals surface area contributed by atoms with Gasteiger partial charge in [-0.2, -0.15) is 5.10 Å². The largest absolute Gasteiger partial charge is 0.281 e. The second kappa shape index (κ2) is 7.44. The van der Waals surface area contributed by atoms with Crippen LogP contribution in [0.4, 0.5) is 14.5 Å². The van der Waals surface area contributed by atoms with Crippen LogP contribution in [0.1, 0.15) is 48.9 Å². The quantitative estimate of drug-likeness (QED) is 0.622. The van der Waals surface area contributed by atoms with Crippen molar-refractivity contribution in [1.82, 2.24) is 15.2 Å². The SMILES string of the molecule is CCCS(=O)(=O)Nc1ccc(F)c(C#Cc2cnc3[nH]nc(C4CC4)c3c2)c1F. The highest BCUT2D eigenvalue weighted by Gasteiger charge is 2.28. The summed E-state index contributed by atoms with van der Waals surface area (Å²) in [5.74, 6) is 3.52. The van der Waals surface area contributed by atoms with Gasteiger partial charge in [0.1, 0.15) is 5.82 Å². The van der Waals surface area contributed by atoms with Crippen LogP contribution in [-0.4, -0.2) is 29.4 Å². The van der Waals surface area contributed by atoms with E-state index < -0.39 is 27.2 Å². The molecular formula is C20H18F2N4O2S. The summed E-state index contributed by atoms with van der Waals surface area (Å²) in [7, 11) is -3.71. The van der Waals surface area contributed by atoms with E-state index >= 15 is 0 Å². The summed E-state index contributed by atoms with van der Waals surface area (Å²) in [5.41, 5.74) is 1.22. The highest BCUT2D eigenvalue weighted by Crippen LogP contribution is 2.41. The van der Waals surface area contributed by atoms with Crippen LogP contribution in [0.15, 0.2) is 24.4 Å². The summed E-state index contributed by atoms with van der Waals surface area (Å²) in [5, 5.41) is 8.01. The number of anilines is 1. The van der Waals surface area contributed by atoms with Gasteiger partial charge in [0.2, 0.25) is 10.0 Å². The molecule has 1 aliphatic rings. The fourth-order valence-corrected chi connectivity index (χ4v) is 4.16. The zero-order valence-corrected chi connectivity index (χ0v) is 16.4. The highest BCUT2D eigenvalue weighted by atomic mass is 32.2. The number of hydrogen-bond acceptors (Lipinski definition) is 4. The second-order valence-electron chi connectivity index (χ2n) is 6.96. The van der Waals surface area contributed by atoms with Gasteiger partial charge in [0.25, 0.3) is 0 Å². The van der Waals surface area contributed by atoms with Gasteiger partial charge in [-0.25, -0.2) is 22.2 Å². The van der Waals surface area contributed by atoms with Gasteiger partial charge in [0.05, 0.1) is 22.7 Å². The van der Waals surface area contributed by atoms with Crippen LogP contribution < -0.4 is 4.72 Å². The Morgan fingerprint density at radius 2 is 2.07 bits per heavy atom. The number of nitrogens with zero attached hydrogens (tertiary/aromatic N) is 2. The van der Waals surface area contributed by atoms with Gasteiger partial charge in [0, 0.05) is 23.1 Å². The summed E-state index contributed by atoms with van der Waals surface area (Å²) in [6, 6.07) is 3.82. The predicted molar refractivity (Wildman–Crippen MR) is 106 cm³/mol. The topological polar surface area (TPSA) is 87.7 Å². The van der Waals surface area contributed by atoms with Gasteiger partial charge in [-0.15, -0.1) is 0 Å². The van der Waals surface area contributed by atoms with Crippen molar-refractivity contribution in [3.05, 3.63) is 52.9 Å². The molecule has 0 bridgehead atoms. The number of benzene rings is 1. The molecule has 2 N–H and O–H groups in total. The third-order valence-electron chi connectivity index (χ3n) is 4.57. The fourth-order valence-electron chi connectivity index (χ4n) is 3.03. The van der Waals surface area contributed by atoms with Crippen molar-refractivity contribution in [2.75, 3.05) is 10.5 Å². The normalized spacial score (nSPS) is 13.9. The lowest BCUT2D eigenvalue weighted by atomic mass is 10.1. The van der Waals surface area contributed by atoms with Gasteiger partial charge >= 0.3 is 0 Å². The summed E-state index contributed by atoms with van der Waals surface area (Å²) >= 11 is 0. The summed E-state index contributed by atoms with van der Waals surface area (Å²) in [6.45, 7) is 1.69. The lowest BCUT2D eigenvalue weighted by molar-refractivity contribution is 0.577. The Morgan fingerprint density at radius 3 is 2.79 bits per heavy atom. The number of aromatic nitrogens is 3. The van der Waals surface area contributed by atoms with Gasteiger partial charge in [0.15, 0.2) is 11.5 Å². The van der Waals surface area contributed by atoms with Crippen LogP contribution in [-0.2, 0) is 10.0 Å². The molecule has 6 nitrogen and oxygen atoms in total. The summed E-state index contributed by atoms with van der Waals surface area (Å²) < 4.78 is 54.8. The van der Waals surface area contributed by atoms with E-state index in [0.29, 0.717) is 23.5 Å². The Balaban J connectivity index is 1.68. The van der Waals surface area contributed by atoms with E-state index in [1.165, 1.54) is 6.20 Å². The number of H-pyrrole nitrogens is 1. The Morgan fingerprint density at radius 1 is 1.28 bits per heavy atom. The Labute approximate surface area is 166 Å². The Kier molecular flexibility index (Phi) is 4.96. The number of aromatic amines is 1. The molecule has 0 aliphatic heterocycles. The molecule has 1 fully saturated rings. The van der Waals surface area contributed by atoms with E-state index in [0.717, 1.165) is 36.1 Å². The molecule has 2 heterocycles. The molecule has 2 aromatic heterocycles. The number of hydrogen-bond donors (Lipinski definition) is 2. The molecule has 1 saturated carbocycles.